The molecule has 0 saturated heterocycles. The number of amides is 1. The topological polar surface area (TPSA) is 67.8 Å². The van der Waals surface area contributed by atoms with Gasteiger partial charge < -0.3 is 5.32 Å². The van der Waals surface area contributed by atoms with Gasteiger partial charge in [-0.3, -0.25) is 4.79 Å². The van der Waals surface area contributed by atoms with Gasteiger partial charge in [-0.2, -0.15) is 5.10 Å². The van der Waals surface area contributed by atoms with Crippen molar-refractivity contribution in [2.24, 2.45) is 0 Å². The summed E-state index contributed by atoms with van der Waals surface area (Å²) < 4.78 is 0. The van der Waals surface area contributed by atoms with Crippen molar-refractivity contribution in [3.63, 3.8) is 0 Å². The van der Waals surface area contributed by atoms with Gasteiger partial charge in [0.25, 0.3) is 0 Å². The minimum absolute atomic E-state index is 0.0373. The summed E-state index contributed by atoms with van der Waals surface area (Å²) in [5, 5.41) is 10.4. The second-order valence-corrected chi connectivity index (χ2v) is 3.57. The van der Waals surface area contributed by atoms with E-state index in [-0.39, 0.29) is 5.91 Å². The summed E-state index contributed by atoms with van der Waals surface area (Å²) >= 11 is 0. The zero-order chi connectivity index (χ0) is 12.1. The Morgan fingerprint density at radius 3 is 2.59 bits per heavy atom. The monoisotopic (exact) mass is 228 g/mol. The first-order valence-electron chi connectivity index (χ1n) is 5.23. The molecular formula is C12H12N4O. The summed E-state index contributed by atoms with van der Waals surface area (Å²) in [6.45, 7) is 2.03. The lowest BCUT2D eigenvalue weighted by Crippen LogP contribution is -2.18. The first-order chi connectivity index (χ1) is 8.25. The van der Waals surface area contributed by atoms with Gasteiger partial charge in [0.15, 0.2) is 5.82 Å². The molecule has 0 aliphatic carbocycles. The quantitative estimate of drug-likeness (QED) is 0.856. The molecule has 0 bridgehead atoms. The highest BCUT2D eigenvalue weighted by Gasteiger charge is 2.00. The van der Waals surface area contributed by atoms with E-state index < -0.39 is 0 Å². The fraction of sp³-hybridized carbons (Fsp3) is 0.167. The van der Waals surface area contributed by atoms with E-state index in [4.69, 9.17) is 0 Å². The Bertz CT molecular complexity index is 496. The first-order valence-corrected chi connectivity index (χ1v) is 5.23. The van der Waals surface area contributed by atoms with E-state index in [0.717, 1.165) is 11.1 Å². The molecule has 2 aromatic rings. The number of nitrogens with one attached hydrogen (secondary N) is 1. The molecule has 2 rings (SSSR count). The van der Waals surface area contributed by atoms with Crippen LogP contribution < -0.4 is 5.32 Å². The van der Waals surface area contributed by atoms with Crippen LogP contribution in [0.4, 0.5) is 0 Å². The number of carbonyl (C=O) groups is 1. The number of rotatable bonds is 3. The summed E-state index contributed by atoms with van der Waals surface area (Å²) in [7, 11) is 0. The van der Waals surface area contributed by atoms with Gasteiger partial charge in [-0.25, -0.2) is 4.98 Å². The van der Waals surface area contributed by atoms with Crippen molar-refractivity contribution < 1.29 is 4.79 Å². The van der Waals surface area contributed by atoms with E-state index in [1.165, 1.54) is 13.1 Å². The molecular weight excluding hydrogens is 216 g/mol. The van der Waals surface area contributed by atoms with Crippen LogP contribution in [0, 0.1) is 0 Å². The molecule has 5 nitrogen and oxygen atoms in total. The Balaban J connectivity index is 2.11. The highest BCUT2D eigenvalue weighted by molar-refractivity contribution is 5.72. The van der Waals surface area contributed by atoms with Gasteiger partial charge in [-0.05, 0) is 5.56 Å². The molecule has 0 saturated carbocycles. The van der Waals surface area contributed by atoms with Crippen LogP contribution in [0.1, 0.15) is 12.5 Å². The zero-order valence-corrected chi connectivity index (χ0v) is 9.42. The van der Waals surface area contributed by atoms with Gasteiger partial charge in [0, 0.05) is 25.2 Å². The molecule has 0 radical (unpaired) electrons. The van der Waals surface area contributed by atoms with Crippen LogP contribution in [0.5, 0.6) is 0 Å². The van der Waals surface area contributed by atoms with Crippen LogP contribution in [0.2, 0.25) is 0 Å². The minimum Gasteiger partial charge on any atom is -0.352 e. The van der Waals surface area contributed by atoms with Crippen LogP contribution in [0.3, 0.4) is 0 Å². The third-order valence-electron chi connectivity index (χ3n) is 2.24. The molecule has 5 heteroatoms. The average molecular weight is 228 g/mol. The van der Waals surface area contributed by atoms with E-state index in [1.54, 1.807) is 6.20 Å². The standard InChI is InChI=1S/C12H12N4O/c1-9(17)14-8-10-2-4-11(5-3-10)12-13-6-7-15-16-12/h2-7H,8H2,1H3,(H,14,17). The van der Waals surface area contributed by atoms with Gasteiger partial charge in [0.2, 0.25) is 5.91 Å². The Hall–Kier alpha value is -2.30. The molecule has 0 fully saturated rings. The van der Waals surface area contributed by atoms with E-state index in [2.05, 4.69) is 20.5 Å². The highest BCUT2D eigenvalue weighted by Crippen LogP contribution is 2.13. The fourth-order valence-corrected chi connectivity index (χ4v) is 1.38. The van der Waals surface area contributed by atoms with Gasteiger partial charge in [-0.1, -0.05) is 24.3 Å². The smallest absolute Gasteiger partial charge is 0.217 e. The second-order valence-electron chi connectivity index (χ2n) is 3.57. The van der Waals surface area contributed by atoms with Crippen LogP contribution >= 0.6 is 0 Å². The molecule has 0 unspecified atom stereocenters. The van der Waals surface area contributed by atoms with E-state index in [1.807, 2.05) is 24.3 Å². The Morgan fingerprint density at radius 1 is 1.24 bits per heavy atom. The van der Waals surface area contributed by atoms with Crippen LogP contribution in [-0.4, -0.2) is 21.1 Å². The van der Waals surface area contributed by atoms with Crippen molar-refractivity contribution in [1.82, 2.24) is 20.5 Å². The van der Waals surface area contributed by atoms with Crippen molar-refractivity contribution in [2.75, 3.05) is 0 Å². The molecule has 0 aliphatic rings. The third-order valence-corrected chi connectivity index (χ3v) is 2.24. The van der Waals surface area contributed by atoms with Crippen molar-refractivity contribution >= 4 is 5.91 Å². The molecule has 1 amide bonds. The number of carbonyl (C=O) groups excluding carboxylic acids is 1. The first kappa shape index (κ1) is 11.2. The lowest BCUT2D eigenvalue weighted by atomic mass is 10.1. The van der Waals surface area contributed by atoms with E-state index in [9.17, 15) is 4.79 Å². The van der Waals surface area contributed by atoms with Gasteiger partial charge in [-0.15, -0.1) is 5.10 Å². The van der Waals surface area contributed by atoms with Crippen LogP contribution in [0.15, 0.2) is 36.7 Å². The number of aromatic nitrogens is 3. The highest BCUT2D eigenvalue weighted by atomic mass is 16.1. The van der Waals surface area contributed by atoms with E-state index in [0.29, 0.717) is 12.4 Å². The maximum Gasteiger partial charge on any atom is 0.217 e. The summed E-state index contributed by atoms with van der Waals surface area (Å²) in [5.74, 6) is 0.559. The molecule has 1 aromatic carbocycles. The SMILES string of the molecule is CC(=O)NCc1ccc(-c2nccnn2)cc1. The third kappa shape index (κ3) is 3.07. The number of benzene rings is 1. The fourth-order valence-electron chi connectivity index (χ4n) is 1.38. The minimum atomic E-state index is -0.0373. The lowest BCUT2D eigenvalue weighted by molar-refractivity contribution is -0.119. The average Bonchev–Trinajstić information content (AvgIpc) is 2.38. The predicted octanol–water partition coefficient (Wildman–Crippen LogP) is 1.17. The van der Waals surface area contributed by atoms with Gasteiger partial charge >= 0.3 is 0 Å². The summed E-state index contributed by atoms with van der Waals surface area (Å²) in [5.41, 5.74) is 1.94. The molecule has 86 valence electrons. The second kappa shape index (κ2) is 5.16. The molecule has 1 N–H and O–H groups in total. The molecule has 1 heterocycles. The molecule has 17 heavy (non-hydrogen) atoms. The maximum atomic E-state index is 10.8. The van der Waals surface area contributed by atoms with Crippen molar-refractivity contribution in [2.45, 2.75) is 13.5 Å². The number of hydrogen-bond donors (Lipinski definition) is 1. The van der Waals surface area contributed by atoms with Crippen LogP contribution in [0.25, 0.3) is 11.4 Å². The summed E-state index contributed by atoms with van der Waals surface area (Å²) in [6.07, 6.45) is 3.14. The largest absolute Gasteiger partial charge is 0.352 e. The molecule has 0 atom stereocenters. The number of nitrogens with zero attached hydrogens (tertiary/aromatic N) is 3. The maximum absolute atomic E-state index is 10.8. The molecule has 1 aromatic heterocycles. The van der Waals surface area contributed by atoms with Crippen molar-refractivity contribution in [3.05, 3.63) is 42.2 Å². The molecule has 0 spiro atoms. The van der Waals surface area contributed by atoms with Crippen molar-refractivity contribution in [3.8, 4) is 11.4 Å². The lowest BCUT2D eigenvalue weighted by Gasteiger charge is -2.03. The Kier molecular flexibility index (Phi) is 3.40. The van der Waals surface area contributed by atoms with Crippen molar-refractivity contribution in [1.29, 1.82) is 0 Å². The van der Waals surface area contributed by atoms with E-state index >= 15 is 0 Å². The predicted molar refractivity (Wildman–Crippen MR) is 62.8 cm³/mol. The zero-order valence-electron chi connectivity index (χ0n) is 9.42. The molecule has 0 aliphatic heterocycles. The Labute approximate surface area is 98.9 Å². The Morgan fingerprint density at radius 2 is 2.00 bits per heavy atom. The van der Waals surface area contributed by atoms with Gasteiger partial charge in [0.1, 0.15) is 0 Å². The van der Waals surface area contributed by atoms with Gasteiger partial charge in [0.05, 0.1) is 6.20 Å². The number of hydrogen-bond acceptors (Lipinski definition) is 4. The van der Waals surface area contributed by atoms with Crippen LogP contribution in [-0.2, 0) is 11.3 Å². The normalized spacial score (nSPS) is 9.94. The summed E-state index contributed by atoms with van der Waals surface area (Å²) in [6, 6.07) is 7.69. The summed E-state index contributed by atoms with van der Waals surface area (Å²) in [4.78, 5) is 14.9.